The van der Waals surface area contributed by atoms with E-state index >= 15 is 0 Å². The minimum absolute atomic E-state index is 0.0340. The van der Waals surface area contributed by atoms with Gasteiger partial charge in [-0.3, -0.25) is 9.69 Å². The van der Waals surface area contributed by atoms with Gasteiger partial charge < -0.3 is 23.5 Å². The fourth-order valence-corrected chi connectivity index (χ4v) is 4.54. The number of fused-ring (bicyclic) bond motifs is 2. The lowest BCUT2D eigenvalue weighted by molar-refractivity contribution is -0.127. The van der Waals surface area contributed by atoms with Crippen molar-refractivity contribution in [3.05, 3.63) is 59.4 Å². The van der Waals surface area contributed by atoms with E-state index < -0.39 is 0 Å². The zero-order valence-corrected chi connectivity index (χ0v) is 19.9. The van der Waals surface area contributed by atoms with Crippen LogP contribution in [0, 0.1) is 6.92 Å². The standard InChI is InChI=1S/C27H30N2O5/c1-4-31-24-14-25-22(19(3)16-32-25)13-21(24)18(2)11-27(30)29-9-7-28(8-10-29)15-20-5-6-23-26(12-20)34-17-33-23/h5-6,11-14,16H,4,7-10,15,17H2,1-3H3/b18-11+. The molecule has 0 saturated carbocycles. The van der Waals surface area contributed by atoms with Crippen LogP contribution in [-0.2, 0) is 11.3 Å². The highest BCUT2D eigenvalue weighted by molar-refractivity contribution is 5.97. The number of furan rings is 1. The maximum atomic E-state index is 13.1. The Kier molecular flexibility index (Phi) is 6.20. The summed E-state index contributed by atoms with van der Waals surface area (Å²) < 4.78 is 22.4. The number of hydrogen-bond acceptors (Lipinski definition) is 6. The maximum absolute atomic E-state index is 13.1. The van der Waals surface area contributed by atoms with Gasteiger partial charge in [0.2, 0.25) is 12.7 Å². The van der Waals surface area contributed by atoms with Crippen molar-refractivity contribution in [1.82, 2.24) is 9.80 Å². The second kappa shape index (κ2) is 9.43. The molecular weight excluding hydrogens is 432 g/mol. The second-order valence-corrected chi connectivity index (χ2v) is 8.81. The summed E-state index contributed by atoms with van der Waals surface area (Å²) in [5.41, 5.74) is 4.86. The van der Waals surface area contributed by atoms with Crippen LogP contribution in [-0.4, -0.2) is 55.3 Å². The summed E-state index contributed by atoms with van der Waals surface area (Å²) in [4.78, 5) is 17.3. The first-order valence-corrected chi connectivity index (χ1v) is 11.7. The molecule has 1 fully saturated rings. The topological polar surface area (TPSA) is 64.4 Å². The maximum Gasteiger partial charge on any atom is 0.246 e. The zero-order chi connectivity index (χ0) is 23.7. The molecular formula is C27H30N2O5. The van der Waals surface area contributed by atoms with E-state index in [0.717, 1.165) is 64.6 Å². The van der Waals surface area contributed by atoms with Crippen LogP contribution in [0.5, 0.6) is 17.2 Å². The molecule has 5 rings (SSSR count). The third kappa shape index (κ3) is 4.48. The Hall–Kier alpha value is -3.45. The highest BCUT2D eigenvalue weighted by Crippen LogP contribution is 2.34. The summed E-state index contributed by atoms with van der Waals surface area (Å²) in [5.74, 6) is 2.38. The van der Waals surface area contributed by atoms with Crippen LogP contribution in [0.1, 0.15) is 30.5 Å². The number of aryl methyl sites for hydroxylation is 1. The summed E-state index contributed by atoms with van der Waals surface area (Å²) in [6, 6.07) is 10.1. The summed E-state index contributed by atoms with van der Waals surface area (Å²) in [5, 5.41) is 1.04. The summed E-state index contributed by atoms with van der Waals surface area (Å²) in [7, 11) is 0. The third-order valence-electron chi connectivity index (χ3n) is 6.46. The molecule has 0 spiro atoms. The molecule has 2 aliphatic heterocycles. The number of allylic oxidation sites excluding steroid dienone is 1. The Morgan fingerprint density at radius 2 is 1.88 bits per heavy atom. The Morgan fingerprint density at radius 1 is 1.09 bits per heavy atom. The molecule has 0 N–H and O–H groups in total. The van der Waals surface area contributed by atoms with Crippen LogP contribution < -0.4 is 14.2 Å². The van der Waals surface area contributed by atoms with Crippen molar-refractivity contribution in [1.29, 1.82) is 0 Å². The van der Waals surface area contributed by atoms with E-state index in [2.05, 4.69) is 17.0 Å². The molecule has 34 heavy (non-hydrogen) atoms. The van der Waals surface area contributed by atoms with Crippen LogP contribution in [0.15, 0.2) is 47.1 Å². The predicted octanol–water partition coefficient (Wildman–Crippen LogP) is 4.62. The first-order valence-electron chi connectivity index (χ1n) is 11.7. The van der Waals surface area contributed by atoms with Crippen LogP contribution in [0.3, 0.4) is 0 Å². The summed E-state index contributed by atoms with van der Waals surface area (Å²) in [6.45, 7) is 10.7. The number of nitrogens with zero attached hydrogens (tertiary/aromatic N) is 2. The third-order valence-corrected chi connectivity index (χ3v) is 6.46. The fraction of sp³-hybridized carbons (Fsp3) is 0.370. The van der Waals surface area contributed by atoms with Gasteiger partial charge >= 0.3 is 0 Å². The molecule has 0 unspecified atom stereocenters. The first kappa shape index (κ1) is 22.3. The quantitative estimate of drug-likeness (QED) is 0.498. The number of benzene rings is 2. The molecule has 7 nitrogen and oxygen atoms in total. The van der Waals surface area contributed by atoms with Gasteiger partial charge in [0.05, 0.1) is 12.9 Å². The largest absolute Gasteiger partial charge is 0.493 e. The van der Waals surface area contributed by atoms with Crippen LogP contribution in [0.4, 0.5) is 0 Å². The lowest BCUT2D eigenvalue weighted by Crippen LogP contribution is -2.47. The van der Waals surface area contributed by atoms with Gasteiger partial charge in [-0.15, -0.1) is 0 Å². The van der Waals surface area contributed by atoms with Gasteiger partial charge in [0.15, 0.2) is 11.5 Å². The molecule has 0 atom stereocenters. The van der Waals surface area contributed by atoms with Crippen LogP contribution in [0.2, 0.25) is 0 Å². The van der Waals surface area contributed by atoms with E-state index in [1.54, 1.807) is 12.3 Å². The van der Waals surface area contributed by atoms with Crippen molar-refractivity contribution >= 4 is 22.4 Å². The molecule has 0 bridgehead atoms. The molecule has 1 saturated heterocycles. The number of hydrogen-bond donors (Lipinski definition) is 0. The lowest BCUT2D eigenvalue weighted by Gasteiger charge is -2.34. The van der Waals surface area contributed by atoms with Crippen molar-refractivity contribution in [2.24, 2.45) is 0 Å². The van der Waals surface area contributed by atoms with Gasteiger partial charge in [0, 0.05) is 55.8 Å². The van der Waals surface area contributed by atoms with Gasteiger partial charge in [-0.05, 0) is 55.7 Å². The number of rotatable bonds is 6. The minimum atomic E-state index is 0.0340. The summed E-state index contributed by atoms with van der Waals surface area (Å²) >= 11 is 0. The monoisotopic (exact) mass is 462 g/mol. The Balaban J connectivity index is 1.24. The van der Waals surface area contributed by atoms with E-state index in [-0.39, 0.29) is 12.7 Å². The predicted molar refractivity (Wildman–Crippen MR) is 130 cm³/mol. The van der Waals surface area contributed by atoms with Crippen LogP contribution in [0.25, 0.3) is 16.5 Å². The number of carbonyl (C=O) groups excluding carboxylic acids is 1. The number of ether oxygens (including phenoxy) is 3. The number of carbonyl (C=O) groups is 1. The van der Waals surface area contributed by atoms with Crippen molar-refractivity contribution in [3.63, 3.8) is 0 Å². The fourth-order valence-electron chi connectivity index (χ4n) is 4.54. The number of amides is 1. The highest BCUT2D eigenvalue weighted by Gasteiger charge is 2.22. The molecule has 0 aliphatic carbocycles. The molecule has 3 aromatic rings. The lowest BCUT2D eigenvalue weighted by atomic mass is 10.0. The average Bonchev–Trinajstić information content (AvgIpc) is 3.45. The normalized spacial score (nSPS) is 16.3. The molecule has 7 heteroatoms. The van der Waals surface area contributed by atoms with E-state index in [1.807, 2.05) is 43.9 Å². The van der Waals surface area contributed by atoms with E-state index in [1.165, 1.54) is 5.56 Å². The summed E-state index contributed by atoms with van der Waals surface area (Å²) in [6.07, 6.45) is 3.48. The molecule has 178 valence electrons. The van der Waals surface area contributed by atoms with Gasteiger partial charge in [-0.25, -0.2) is 0 Å². The Bertz CT molecular complexity index is 1240. The smallest absolute Gasteiger partial charge is 0.246 e. The van der Waals surface area contributed by atoms with Crippen molar-refractivity contribution in [2.45, 2.75) is 27.3 Å². The highest BCUT2D eigenvalue weighted by atomic mass is 16.7. The van der Waals surface area contributed by atoms with E-state index in [0.29, 0.717) is 19.7 Å². The van der Waals surface area contributed by atoms with Crippen molar-refractivity contribution < 1.29 is 23.4 Å². The minimum Gasteiger partial charge on any atom is -0.493 e. The molecule has 2 aromatic carbocycles. The SMILES string of the molecule is CCOc1cc2occ(C)c2cc1/C(C)=C/C(=O)N1CCN(Cc2ccc3c(c2)OCO3)CC1. The molecule has 0 radical (unpaired) electrons. The average molecular weight is 463 g/mol. The van der Waals surface area contributed by atoms with Crippen molar-refractivity contribution in [2.75, 3.05) is 39.6 Å². The Labute approximate surface area is 199 Å². The molecule has 1 aromatic heterocycles. The second-order valence-electron chi connectivity index (χ2n) is 8.81. The zero-order valence-electron chi connectivity index (χ0n) is 19.9. The van der Waals surface area contributed by atoms with Gasteiger partial charge in [0.25, 0.3) is 0 Å². The van der Waals surface area contributed by atoms with Gasteiger partial charge in [-0.1, -0.05) is 6.07 Å². The molecule has 1 amide bonds. The first-order chi connectivity index (χ1) is 16.5. The van der Waals surface area contributed by atoms with E-state index in [4.69, 9.17) is 18.6 Å². The van der Waals surface area contributed by atoms with Gasteiger partial charge in [0.1, 0.15) is 11.3 Å². The number of piperazine rings is 1. The molecule has 2 aliphatic rings. The van der Waals surface area contributed by atoms with E-state index in [9.17, 15) is 4.79 Å². The Morgan fingerprint density at radius 3 is 2.68 bits per heavy atom. The van der Waals surface area contributed by atoms with Crippen LogP contribution >= 0.6 is 0 Å². The van der Waals surface area contributed by atoms with Crippen molar-refractivity contribution in [3.8, 4) is 17.2 Å². The molecule has 3 heterocycles. The van der Waals surface area contributed by atoms with Gasteiger partial charge in [-0.2, -0.15) is 0 Å².